The number of carbonyl (C=O) groups excluding carboxylic acids is 1. The molecule has 1 N–H and O–H groups in total. The van der Waals surface area contributed by atoms with Crippen LogP contribution in [0, 0.1) is 5.92 Å². The molecule has 1 aliphatic carbocycles. The van der Waals surface area contributed by atoms with Gasteiger partial charge in [-0.2, -0.15) is 0 Å². The van der Waals surface area contributed by atoms with Crippen LogP contribution in [0.25, 0.3) is 10.8 Å². The highest BCUT2D eigenvalue weighted by Gasteiger charge is 2.18. The van der Waals surface area contributed by atoms with Gasteiger partial charge in [0, 0.05) is 6.54 Å². The number of nitrogens with zero attached hydrogens (tertiary/aromatic N) is 3. The molecule has 1 saturated carbocycles. The smallest absolute Gasteiger partial charge is 0.273 e. The second-order valence-corrected chi connectivity index (χ2v) is 8.00. The molecule has 0 unspecified atom stereocenters. The Bertz CT molecular complexity index is 991. The lowest BCUT2D eigenvalue weighted by atomic mass is 9.89. The molecule has 6 nitrogen and oxygen atoms in total. The summed E-state index contributed by atoms with van der Waals surface area (Å²) in [5.74, 6) is 1.29. The Morgan fingerprint density at radius 2 is 1.93 bits per heavy atom. The van der Waals surface area contributed by atoms with Gasteiger partial charge in [0.2, 0.25) is 0 Å². The van der Waals surface area contributed by atoms with Crippen molar-refractivity contribution in [1.29, 1.82) is 0 Å². The maximum absolute atomic E-state index is 12.6. The Morgan fingerprint density at radius 1 is 1.17 bits per heavy atom. The molecule has 29 heavy (non-hydrogen) atoms. The maximum Gasteiger partial charge on any atom is 0.273 e. The Labute approximate surface area is 171 Å². The van der Waals surface area contributed by atoms with Crippen LogP contribution in [-0.2, 0) is 6.54 Å². The fraction of sp³-hybridized carbons (Fsp3) is 0.435. The summed E-state index contributed by atoms with van der Waals surface area (Å²) in [6.45, 7) is 2.83. The van der Waals surface area contributed by atoms with Gasteiger partial charge in [0.1, 0.15) is 5.75 Å². The molecule has 3 aromatic rings. The second kappa shape index (κ2) is 8.64. The number of carbonyl (C=O) groups is 1. The lowest BCUT2D eigenvalue weighted by Gasteiger charge is -2.20. The summed E-state index contributed by atoms with van der Waals surface area (Å²) in [4.78, 5) is 12.6. The summed E-state index contributed by atoms with van der Waals surface area (Å²) >= 11 is 0. The average molecular weight is 393 g/mol. The van der Waals surface area contributed by atoms with Crippen LogP contribution in [0.3, 0.4) is 0 Å². The molecule has 1 fully saturated rings. The van der Waals surface area contributed by atoms with Gasteiger partial charge in [-0.05, 0) is 60.2 Å². The van der Waals surface area contributed by atoms with E-state index in [1.54, 1.807) is 13.3 Å². The molecule has 4 rings (SSSR count). The van der Waals surface area contributed by atoms with E-state index in [0.717, 1.165) is 28.6 Å². The van der Waals surface area contributed by atoms with E-state index in [4.69, 9.17) is 4.74 Å². The summed E-state index contributed by atoms with van der Waals surface area (Å²) in [7, 11) is 1.67. The van der Waals surface area contributed by atoms with Crippen molar-refractivity contribution >= 4 is 16.7 Å². The minimum absolute atomic E-state index is 0.127. The van der Waals surface area contributed by atoms with E-state index in [1.807, 2.05) is 35.9 Å². The zero-order valence-electron chi connectivity index (χ0n) is 17.1. The highest BCUT2D eigenvalue weighted by molar-refractivity contribution is 5.92. The molecule has 0 radical (unpaired) electrons. The summed E-state index contributed by atoms with van der Waals surface area (Å²) in [5, 5.41) is 13.5. The Balaban J connectivity index is 1.40. The molecule has 152 valence electrons. The standard InChI is InChI=1S/C23H28N4O2/c1-16(18-8-9-20-13-21(29-2)11-10-19(20)12-18)24-23(28)22-15-27(26-25-22)14-17-6-4-3-5-7-17/h8-13,15-17H,3-7,14H2,1-2H3,(H,24,28)/t16-/m1/s1. The van der Waals surface area contributed by atoms with E-state index in [0.29, 0.717) is 11.6 Å². The number of amides is 1. The first-order valence-corrected chi connectivity index (χ1v) is 10.4. The van der Waals surface area contributed by atoms with Gasteiger partial charge in [0.05, 0.1) is 19.3 Å². The third kappa shape index (κ3) is 4.58. The largest absolute Gasteiger partial charge is 0.497 e. The summed E-state index contributed by atoms with van der Waals surface area (Å²) in [6.07, 6.45) is 8.18. The van der Waals surface area contributed by atoms with Crippen molar-refractivity contribution in [3.63, 3.8) is 0 Å². The number of hydrogen-bond donors (Lipinski definition) is 1. The van der Waals surface area contributed by atoms with Crippen LogP contribution >= 0.6 is 0 Å². The van der Waals surface area contributed by atoms with Crippen LogP contribution in [0.1, 0.15) is 61.1 Å². The molecule has 2 aromatic carbocycles. The van der Waals surface area contributed by atoms with Crippen LogP contribution < -0.4 is 10.1 Å². The van der Waals surface area contributed by atoms with E-state index in [-0.39, 0.29) is 11.9 Å². The first kappa shape index (κ1) is 19.4. The molecule has 1 aromatic heterocycles. The van der Waals surface area contributed by atoms with Crippen molar-refractivity contribution in [2.45, 2.75) is 51.6 Å². The third-order valence-corrected chi connectivity index (χ3v) is 5.86. The van der Waals surface area contributed by atoms with Crippen LogP contribution in [0.15, 0.2) is 42.6 Å². The zero-order valence-corrected chi connectivity index (χ0v) is 17.1. The second-order valence-electron chi connectivity index (χ2n) is 8.00. The van der Waals surface area contributed by atoms with Crippen molar-refractivity contribution in [3.8, 4) is 5.75 Å². The van der Waals surface area contributed by atoms with Crippen LogP contribution in [0.2, 0.25) is 0 Å². The number of nitrogens with one attached hydrogen (secondary N) is 1. The fourth-order valence-electron chi connectivity index (χ4n) is 4.12. The molecule has 1 heterocycles. The molecule has 1 aliphatic rings. The number of methoxy groups -OCH3 is 1. The van der Waals surface area contributed by atoms with Gasteiger partial charge >= 0.3 is 0 Å². The van der Waals surface area contributed by atoms with Crippen LogP contribution in [-0.4, -0.2) is 28.0 Å². The van der Waals surface area contributed by atoms with E-state index >= 15 is 0 Å². The van der Waals surface area contributed by atoms with E-state index < -0.39 is 0 Å². The van der Waals surface area contributed by atoms with Gasteiger partial charge in [-0.3, -0.25) is 9.48 Å². The molecule has 0 spiro atoms. The van der Waals surface area contributed by atoms with E-state index in [2.05, 4.69) is 27.8 Å². The number of rotatable bonds is 6. The SMILES string of the molecule is COc1ccc2cc([C@@H](C)NC(=O)c3cn(CC4CCCCC4)nn3)ccc2c1. The first-order valence-electron chi connectivity index (χ1n) is 10.4. The molecule has 1 amide bonds. The predicted molar refractivity (Wildman–Crippen MR) is 113 cm³/mol. The van der Waals surface area contributed by atoms with Crippen LogP contribution in [0.4, 0.5) is 0 Å². The van der Waals surface area contributed by atoms with Gasteiger partial charge in [0.25, 0.3) is 5.91 Å². The average Bonchev–Trinajstić information content (AvgIpc) is 3.22. The minimum Gasteiger partial charge on any atom is -0.497 e. The topological polar surface area (TPSA) is 69.0 Å². The normalized spacial score (nSPS) is 15.9. The molecule has 0 aliphatic heterocycles. The van der Waals surface area contributed by atoms with Gasteiger partial charge in [-0.1, -0.05) is 42.7 Å². The van der Waals surface area contributed by atoms with E-state index in [9.17, 15) is 4.79 Å². The van der Waals surface area contributed by atoms with Gasteiger partial charge < -0.3 is 10.1 Å². The number of fused-ring (bicyclic) bond motifs is 1. The lowest BCUT2D eigenvalue weighted by molar-refractivity contribution is 0.0934. The van der Waals surface area contributed by atoms with Gasteiger partial charge in [-0.15, -0.1) is 5.10 Å². The molecule has 0 bridgehead atoms. The summed E-state index contributed by atoms with van der Waals surface area (Å²) < 4.78 is 7.10. The van der Waals surface area contributed by atoms with Crippen molar-refractivity contribution in [2.75, 3.05) is 7.11 Å². The number of benzene rings is 2. The maximum atomic E-state index is 12.6. The molecule has 6 heteroatoms. The zero-order chi connectivity index (χ0) is 20.2. The van der Waals surface area contributed by atoms with Crippen molar-refractivity contribution < 1.29 is 9.53 Å². The first-order chi connectivity index (χ1) is 14.1. The number of aromatic nitrogens is 3. The third-order valence-electron chi connectivity index (χ3n) is 5.86. The Morgan fingerprint density at radius 3 is 2.72 bits per heavy atom. The monoisotopic (exact) mass is 392 g/mol. The predicted octanol–water partition coefficient (Wildman–Crippen LogP) is 4.51. The highest BCUT2D eigenvalue weighted by Crippen LogP contribution is 2.25. The summed E-state index contributed by atoms with van der Waals surface area (Å²) in [5.41, 5.74) is 1.42. The fourth-order valence-corrected chi connectivity index (χ4v) is 4.12. The quantitative estimate of drug-likeness (QED) is 0.670. The van der Waals surface area contributed by atoms with Crippen molar-refractivity contribution in [3.05, 3.63) is 53.9 Å². The Kier molecular flexibility index (Phi) is 5.79. The lowest BCUT2D eigenvalue weighted by Crippen LogP contribution is -2.27. The number of hydrogen-bond acceptors (Lipinski definition) is 4. The molecule has 1 atom stereocenters. The molecular formula is C23H28N4O2. The number of ether oxygens (including phenoxy) is 1. The van der Waals surface area contributed by atoms with Crippen molar-refractivity contribution in [2.24, 2.45) is 5.92 Å². The Hall–Kier alpha value is -2.89. The van der Waals surface area contributed by atoms with Crippen molar-refractivity contribution in [1.82, 2.24) is 20.3 Å². The molecular weight excluding hydrogens is 364 g/mol. The highest BCUT2D eigenvalue weighted by atomic mass is 16.5. The van der Waals surface area contributed by atoms with E-state index in [1.165, 1.54) is 32.1 Å². The van der Waals surface area contributed by atoms with Gasteiger partial charge in [0.15, 0.2) is 5.69 Å². The molecule has 0 saturated heterocycles. The summed E-state index contributed by atoms with van der Waals surface area (Å²) in [6, 6.07) is 12.0. The van der Waals surface area contributed by atoms with Crippen LogP contribution in [0.5, 0.6) is 5.75 Å². The van der Waals surface area contributed by atoms with Gasteiger partial charge in [-0.25, -0.2) is 0 Å². The minimum atomic E-state index is -0.192.